The Morgan fingerprint density at radius 3 is 2.76 bits per heavy atom. The molecule has 1 aliphatic heterocycles. The summed E-state index contributed by atoms with van der Waals surface area (Å²) in [6.45, 7) is 4.35. The molecule has 1 aromatic heterocycles. The number of aryl methyl sites for hydroxylation is 1. The van der Waals surface area contributed by atoms with Gasteiger partial charge in [0.1, 0.15) is 5.75 Å². The largest absolute Gasteiger partial charge is 0.573 e. The second-order valence-corrected chi connectivity index (χ2v) is 6.70. The number of benzene rings is 1. The second kappa shape index (κ2) is 10.2. The van der Waals surface area contributed by atoms with Crippen molar-refractivity contribution in [1.82, 2.24) is 20.0 Å². The Balaban J connectivity index is 0.00000300. The van der Waals surface area contributed by atoms with Crippen LogP contribution in [0, 0.1) is 0 Å². The van der Waals surface area contributed by atoms with Gasteiger partial charge in [0.2, 0.25) is 0 Å². The van der Waals surface area contributed by atoms with Crippen molar-refractivity contribution in [3.8, 4) is 5.75 Å². The van der Waals surface area contributed by atoms with Gasteiger partial charge in [-0.05, 0) is 25.0 Å². The SMILES string of the molecule is CCNC(=NCc1ccccc1OC(F)(F)F)N1CCC(c2cnn(C)c2)C1.I. The molecule has 0 aliphatic carbocycles. The number of aromatic nitrogens is 2. The van der Waals surface area contributed by atoms with Gasteiger partial charge >= 0.3 is 6.36 Å². The molecule has 2 aromatic rings. The molecule has 1 fully saturated rings. The summed E-state index contributed by atoms with van der Waals surface area (Å²) in [6, 6.07) is 6.09. The lowest BCUT2D eigenvalue weighted by Gasteiger charge is -2.22. The Labute approximate surface area is 185 Å². The Bertz CT molecular complexity index is 824. The minimum Gasteiger partial charge on any atom is -0.405 e. The number of aliphatic imine (C=N–C) groups is 1. The summed E-state index contributed by atoms with van der Waals surface area (Å²) in [4.78, 5) is 6.69. The number of likely N-dealkylation sites (tertiary alicyclic amines) is 1. The van der Waals surface area contributed by atoms with Crippen LogP contribution in [0.4, 0.5) is 13.2 Å². The third-order valence-electron chi connectivity index (χ3n) is 4.62. The molecule has 1 atom stereocenters. The molecule has 0 bridgehead atoms. The van der Waals surface area contributed by atoms with Crippen molar-refractivity contribution in [3.63, 3.8) is 0 Å². The molecule has 1 aromatic carbocycles. The van der Waals surface area contributed by atoms with E-state index < -0.39 is 6.36 Å². The zero-order valence-corrected chi connectivity index (χ0v) is 18.6. The van der Waals surface area contributed by atoms with E-state index in [9.17, 15) is 13.2 Å². The summed E-state index contributed by atoms with van der Waals surface area (Å²) in [6.07, 6.45) is 0.145. The zero-order chi connectivity index (χ0) is 20.1. The number of ether oxygens (including phenoxy) is 1. The lowest BCUT2D eigenvalue weighted by atomic mass is 10.0. The molecular weight excluding hydrogens is 498 g/mol. The lowest BCUT2D eigenvalue weighted by molar-refractivity contribution is -0.274. The molecule has 0 spiro atoms. The fourth-order valence-corrected chi connectivity index (χ4v) is 3.32. The number of guanidine groups is 1. The van der Waals surface area contributed by atoms with E-state index in [1.165, 1.54) is 17.7 Å². The number of para-hydroxylation sites is 1. The molecule has 0 saturated carbocycles. The van der Waals surface area contributed by atoms with E-state index in [0.717, 1.165) is 19.5 Å². The summed E-state index contributed by atoms with van der Waals surface area (Å²) >= 11 is 0. The molecule has 3 rings (SSSR count). The van der Waals surface area contributed by atoms with Crippen LogP contribution in [0.1, 0.15) is 30.4 Å². The highest BCUT2D eigenvalue weighted by atomic mass is 127. The molecule has 29 heavy (non-hydrogen) atoms. The van der Waals surface area contributed by atoms with Crippen LogP contribution in [-0.4, -0.2) is 46.6 Å². The van der Waals surface area contributed by atoms with E-state index in [2.05, 4.69) is 25.0 Å². The normalized spacial score (nSPS) is 17.2. The Morgan fingerprint density at radius 2 is 2.10 bits per heavy atom. The van der Waals surface area contributed by atoms with Crippen molar-refractivity contribution in [2.45, 2.75) is 32.2 Å². The number of nitrogens with one attached hydrogen (secondary N) is 1. The Kier molecular flexibility index (Phi) is 8.17. The maximum atomic E-state index is 12.6. The third-order valence-corrected chi connectivity index (χ3v) is 4.62. The zero-order valence-electron chi connectivity index (χ0n) is 16.3. The van der Waals surface area contributed by atoms with Crippen LogP contribution >= 0.6 is 24.0 Å². The molecule has 160 valence electrons. The molecule has 2 heterocycles. The summed E-state index contributed by atoms with van der Waals surface area (Å²) in [7, 11) is 1.89. The highest BCUT2D eigenvalue weighted by molar-refractivity contribution is 14.0. The van der Waals surface area contributed by atoms with Crippen molar-refractivity contribution in [1.29, 1.82) is 0 Å². The first-order chi connectivity index (χ1) is 13.4. The molecule has 10 heteroatoms. The van der Waals surface area contributed by atoms with E-state index >= 15 is 0 Å². The van der Waals surface area contributed by atoms with Crippen molar-refractivity contribution in [2.75, 3.05) is 19.6 Å². The monoisotopic (exact) mass is 523 g/mol. The van der Waals surface area contributed by atoms with Gasteiger partial charge in [-0.2, -0.15) is 5.10 Å². The van der Waals surface area contributed by atoms with Crippen molar-refractivity contribution < 1.29 is 17.9 Å². The van der Waals surface area contributed by atoms with Crippen molar-refractivity contribution in [2.24, 2.45) is 12.0 Å². The molecule has 1 unspecified atom stereocenters. The van der Waals surface area contributed by atoms with Gasteiger partial charge < -0.3 is 15.0 Å². The van der Waals surface area contributed by atoms with Gasteiger partial charge in [-0.25, -0.2) is 4.99 Å². The number of alkyl halides is 3. The number of rotatable bonds is 5. The van der Waals surface area contributed by atoms with Crippen LogP contribution in [0.3, 0.4) is 0 Å². The van der Waals surface area contributed by atoms with Crippen molar-refractivity contribution >= 4 is 29.9 Å². The van der Waals surface area contributed by atoms with E-state index in [0.29, 0.717) is 24.0 Å². The van der Waals surface area contributed by atoms with Gasteiger partial charge in [0.25, 0.3) is 0 Å². The van der Waals surface area contributed by atoms with Crippen LogP contribution in [0.2, 0.25) is 0 Å². The Morgan fingerprint density at radius 1 is 1.34 bits per heavy atom. The van der Waals surface area contributed by atoms with Crippen LogP contribution in [0.25, 0.3) is 0 Å². The van der Waals surface area contributed by atoms with Gasteiger partial charge in [-0.1, -0.05) is 18.2 Å². The first-order valence-electron chi connectivity index (χ1n) is 9.21. The van der Waals surface area contributed by atoms with Gasteiger partial charge in [-0.3, -0.25) is 4.68 Å². The number of hydrogen-bond acceptors (Lipinski definition) is 3. The van der Waals surface area contributed by atoms with Crippen LogP contribution in [0.15, 0.2) is 41.7 Å². The minimum absolute atomic E-state index is 0. The summed E-state index contributed by atoms with van der Waals surface area (Å²) < 4.78 is 43.7. The summed E-state index contributed by atoms with van der Waals surface area (Å²) in [5, 5.41) is 7.46. The van der Waals surface area contributed by atoms with E-state index in [1.807, 2.05) is 26.4 Å². The molecule has 6 nitrogen and oxygen atoms in total. The van der Waals surface area contributed by atoms with Crippen LogP contribution in [0.5, 0.6) is 5.75 Å². The van der Waals surface area contributed by atoms with Crippen LogP contribution in [-0.2, 0) is 13.6 Å². The maximum Gasteiger partial charge on any atom is 0.573 e. The van der Waals surface area contributed by atoms with Crippen LogP contribution < -0.4 is 10.1 Å². The van der Waals surface area contributed by atoms with E-state index in [-0.39, 0.29) is 36.3 Å². The quantitative estimate of drug-likeness (QED) is 0.367. The first-order valence-corrected chi connectivity index (χ1v) is 9.21. The molecule has 1 aliphatic rings. The average Bonchev–Trinajstić information content (AvgIpc) is 3.27. The van der Waals surface area contributed by atoms with Crippen molar-refractivity contribution in [3.05, 3.63) is 47.8 Å². The summed E-state index contributed by atoms with van der Waals surface area (Å²) in [5.74, 6) is 0.832. The average molecular weight is 523 g/mol. The van der Waals surface area contributed by atoms with Gasteiger partial charge in [0.15, 0.2) is 5.96 Å². The molecular formula is C19H25F3IN5O. The standard InChI is InChI=1S/C19H24F3N5O.HI/c1-3-23-18(27-9-8-15(13-27)16-11-25-26(2)12-16)24-10-14-6-4-5-7-17(14)28-19(20,21)22;/h4-7,11-12,15H,3,8-10,13H2,1-2H3,(H,23,24);1H. The second-order valence-electron chi connectivity index (χ2n) is 6.70. The van der Waals surface area contributed by atoms with E-state index in [1.54, 1.807) is 16.8 Å². The third kappa shape index (κ3) is 6.51. The highest BCUT2D eigenvalue weighted by Crippen LogP contribution is 2.28. The van der Waals surface area contributed by atoms with Gasteiger partial charge in [0, 0.05) is 44.4 Å². The highest BCUT2D eigenvalue weighted by Gasteiger charge is 2.32. The predicted octanol–water partition coefficient (Wildman–Crippen LogP) is 3.89. The summed E-state index contributed by atoms with van der Waals surface area (Å²) in [5.41, 5.74) is 1.57. The lowest BCUT2D eigenvalue weighted by Crippen LogP contribution is -2.40. The molecule has 0 amide bonds. The predicted molar refractivity (Wildman–Crippen MR) is 115 cm³/mol. The number of halogens is 4. The fraction of sp³-hybridized carbons (Fsp3) is 0.474. The fourth-order valence-electron chi connectivity index (χ4n) is 3.32. The van der Waals surface area contributed by atoms with E-state index in [4.69, 9.17) is 0 Å². The number of nitrogens with zero attached hydrogens (tertiary/aromatic N) is 4. The topological polar surface area (TPSA) is 54.7 Å². The maximum absolute atomic E-state index is 12.6. The Hall–Kier alpha value is -1.98. The number of hydrogen-bond donors (Lipinski definition) is 1. The van der Waals surface area contributed by atoms with Gasteiger partial charge in [0.05, 0.1) is 12.7 Å². The smallest absolute Gasteiger partial charge is 0.405 e. The molecule has 1 N–H and O–H groups in total. The van der Waals surface area contributed by atoms with Gasteiger partial charge in [-0.15, -0.1) is 37.1 Å². The minimum atomic E-state index is -4.73. The molecule has 0 radical (unpaired) electrons. The first kappa shape index (κ1) is 23.3. The molecule has 1 saturated heterocycles.